The Labute approximate surface area is 127 Å². The number of nitrogens with zero attached hydrogens (tertiary/aromatic N) is 5. The summed E-state index contributed by atoms with van der Waals surface area (Å²) in [5.74, 6) is 3.22. The van der Waals surface area contributed by atoms with Crippen LogP contribution in [0.1, 0.15) is 25.7 Å². The molecule has 1 saturated carbocycles. The highest BCUT2D eigenvalue weighted by molar-refractivity contribution is 5.50. The fraction of sp³-hybridized carbons (Fsp3) is 0.750. The molecular weight excluding hydrogens is 262 g/mol. The van der Waals surface area contributed by atoms with Gasteiger partial charge < -0.3 is 9.80 Å². The van der Waals surface area contributed by atoms with Gasteiger partial charge >= 0.3 is 0 Å². The Hall–Kier alpha value is -1.36. The number of aromatic nitrogens is 2. The molecule has 0 aromatic carbocycles. The van der Waals surface area contributed by atoms with E-state index in [9.17, 15) is 0 Å². The number of piperazine rings is 1. The van der Waals surface area contributed by atoms with Crippen LogP contribution in [0.4, 0.5) is 11.6 Å². The van der Waals surface area contributed by atoms with Gasteiger partial charge in [0.05, 0.1) is 0 Å². The molecule has 0 spiro atoms. The van der Waals surface area contributed by atoms with Crippen LogP contribution in [-0.4, -0.2) is 60.7 Å². The second-order valence-corrected chi connectivity index (χ2v) is 6.66. The van der Waals surface area contributed by atoms with Crippen LogP contribution in [0, 0.1) is 5.92 Å². The number of rotatable bonds is 4. The van der Waals surface area contributed by atoms with Gasteiger partial charge in [-0.1, -0.05) is 0 Å². The lowest BCUT2D eigenvalue weighted by Crippen LogP contribution is -2.47. The van der Waals surface area contributed by atoms with E-state index < -0.39 is 0 Å². The summed E-state index contributed by atoms with van der Waals surface area (Å²) in [4.78, 5) is 16.4. The van der Waals surface area contributed by atoms with Crippen molar-refractivity contribution in [2.45, 2.75) is 25.7 Å². The van der Waals surface area contributed by atoms with Crippen molar-refractivity contribution in [2.75, 3.05) is 55.6 Å². The lowest BCUT2D eigenvalue weighted by atomic mass is 10.2. The molecule has 5 nitrogen and oxygen atoms in total. The first-order valence-corrected chi connectivity index (χ1v) is 8.43. The molecule has 1 aliphatic carbocycles. The summed E-state index contributed by atoms with van der Waals surface area (Å²) in [7, 11) is 0. The smallest absolute Gasteiger partial charge is 0.134 e. The number of hydrogen-bond acceptors (Lipinski definition) is 5. The van der Waals surface area contributed by atoms with Crippen LogP contribution in [0.3, 0.4) is 0 Å². The molecule has 114 valence electrons. The zero-order valence-corrected chi connectivity index (χ0v) is 12.7. The average molecular weight is 287 g/mol. The van der Waals surface area contributed by atoms with Gasteiger partial charge in [-0.3, -0.25) is 4.90 Å². The van der Waals surface area contributed by atoms with Gasteiger partial charge in [0.2, 0.25) is 0 Å². The van der Waals surface area contributed by atoms with E-state index in [-0.39, 0.29) is 0 Å². The Bertz CT molecular complexity index is 473. The summed E-state index contributed by atoms with van der Waals surface area (Å²) in [6.45, 7) is 8.17. The molecule has 3 aliphatic rings. The van der Waals surface area contributed by atoms with Gasteiger partial charge in [-0.15, -0.1) is 0 Å². The average Bonchev–Trinajstić information content (AvgIpc) is 3.18. The van der Waals surface area contributed by atoms with Gasteiger partial charge in [-0.25, -0.2) is 9.97 Å². The summed E-state index contributed by atoms with van der Waals surface area (Å²) in [6, 6.07) is 2.18. The van der Waals surface area contributed by atoms with E-state index in [1.807, 2.05) is 0 Å². The number of hydrogen-bond donors (Lipinski definition) is 0. The van der Waals surface area contributed by atoms with E-state index in [2.05, 4.69) is 30.7 Å². The molecule has 0 unspecified atom stereocenters. The first-order chi connectivity index (χ1) is 10.4. The molecule has 0 N–H and O–H groups in total. The lowest BCUT2D eigenvalue weighted by Gasteiger charge is -2.35. The maximum atomic E-state index is 4.50. The van der Waals surface area contributed by atoms with Gasteiger partial charge in [-0.05, 0) is 31.6 Å². The third kappa shape index (κ3) is 3.12. The van der Waals surface area contributed by atoms with Crippen LogP contribution in [0.5, 0.6) is 0 Å². The summed E-state index contributed by atoms with van der Waals surface area (Å²) < 4.78 is 0. The molecule has 0 radical (unpaired) electrons. The molecule has 0 bridgehead atoms. The van der Waals surface area contributed by atoms with Crippen LogP contribution >= 0.6 is 0 Å². The third-order valence-electron chi connectivity index (χ3n) is 4.98. The molecule has 0 atom stereocenters. The maximum Gasteiger partial charge on any atom is 0.134 e. The second-order valence-electron chi connectivity index (χ2n) is 6.66. The molecular formula is C16H25N5. The van der Waals surface area contributed by atoms with Crippen molar-refractivity contribution in [1.29, 1.82) is 0 Å². The highest BCUT2D eigenvalue weighted by atomic mass is 15.3. The van der Waals surface area contributed by atoms with E-state index >= 15 is 0 Å². The van der Waals surface area contributed by atoms with Crippen molar-refractivity contribution in [1.82, 2.24) is 14.9 Å². The van der Waals surface area contributed by atoms with E-state index in [1.54, 1.807) is 6.33 Å². The van der Waals surface area contributed by atoms with Gasteiger partial charge in [0.1, 0.15) is 18.0 Å². The van der Waals surface area contributed by atoms with E-state index in [1.165, 1.54) is 45.3 Å². The lowest BCUT2D eigenvalue weighted by molar-refractivity contribution is 0.247. The van der Waals surface area contributed by atoms with E-state index in [4.69, 9.17) is 0 Å². The van der Waals surface area contributed by atoms with Crippen molar-refractivity contribution in [3.05, 3.63) is 12.4 Å². The molecule has 5 heteroatoms. The molecule has 2 aliphatic heterocycles. The Balaban J connectivity index is 1.38. The first kappa shape index (κ1) is 13.3. The minimum Gasteiger partial charge on any atom is -0.356 e. The molecule has 4 rings (SSSR count). The van der Waals surface area contributed by atoms with Crippen molar-refractivity contribution >= 4 is 11.6 Å². The topological polar surface area (TPSA) is 35.5 Å². The Kier molecular flexibility index (Phi) is 3.67. The summed E-state index contributed by atoms with van der Waals surface area (Å²) in [5.41, 5.74) is 0. The first-order valence-electron chi connectivity index (χ1n) is 8.43. The Morgan fingerprint density at radius 2 is 1.48 bits per heavy atom. The summed E-state index contributed by atoms with van der Waals surface area (Å²) >= 11 is 0. The SMILES string of the molecule is c1nc(N2CCCC2)cc(N2CCN(CC3CC3)CC2)n1. The minimum absolute atomic E-state index is 0.998. The van der Waals surface area contributed by atoms with Gasteiger partial charge in [0.25, 0.3) is 0 Å². The van der Waals surface area contributed by atoms with Gasteiger partial charge in [-0.2, -0.15) is 0 Å². The summed E-state index contributed by atoms with van der Waals surface area (Å²) in [5, 5.41) is 0. The Morgan fingerprint density at radius 3 is 2.10 bits per heavy atom. The molecule has 3 fully saturated rings. The van der Waals surface area contributed by atoms with Crippen LogP contribution in [0.2, 0.25) is 0 Å². The Morgan fingerprint density at radius 1 is 0.857 bits per heavy atom. The van der Waals surface area contributed by atoms with Crippen molar-refractivity contribution < 1.29 is 0 Å². The standard InChI is InChI=1S/C16H25N5/c1-2-6-20(5-1)15-11-16(18-13-17-15)21-9-7-19(8-10-21)12-14-3-4-14/h11,13-14H,1-10,12H2. The molecule has 0 amide bonds. The molecule has 21 heavy (non-hydrogen) atoms. The van der Waals surface area contributed by atoms with Crippen LogP contribution in [0.15, 0.2) is 12.4 Å². The number of anilines is 2. The molecule has 1 aromatic rings. The van der Waals surface area contributed by atoms with Crippen LogP contribution < -0.4 is 9.80 Å². The predicted octanol–water partition coefficient (Wildman–Crippen LogP) is 1.61. The van der Waals surface area contributed by atoms with Gasteiger partial charge in [0.15, 0.2) is 0 Å². The maximum absolute atomic E-state index is 4.50. The normalized spacial score (nSPS) is 23.8. The zero-order chi connectivity index (χ0) is 14.1. The predicted molar refractivity (Wildman–Crippen MR) is 84.9 cm³/mol. The highest BCUT2D eigenvalue weighted by Gasteiger charge is 2.27. The minimum atomic E-state index is 0.998. The highest BCUT2D eigenvalue weighted by Crippen LogP contribution is 2.30. The van der Waals surface area contributed by atoms with Crippen molar-refractivity contribution in [3.8, 4) is 0 Å². The van der Waals surface area contributed by atoms with E-state index in [0.717, 1.165) is 43.7 Å². The fourth-order valence-corrected chi connectivity index (χ4v) is 3.45. The van der Waals surface area contributed by atoms with E-state index in [0.29, 0.717) is 0 Å². The monoisotopic (exact) mass is 287 g/mol. The third-order valence-corrected chi connectivity index (χ3v) is 4.98. The van der Waals surface area contributed by atoms with Crippen molar-refractivity contribution in [3.63, 3.8) is 0 Å². The molecule has 2 saturated heterocycles. The molecule has 1 aromatic heterocycles. The summed E-state index contributed by atoms with van der Waals surface area (Å²) in [6.07, 6.45) is 7.22. The fourth-order valence-electron chi connectivity index (χ4n) is 3.45. The zero-order valence-electron chi connectivity index (χ0n) is 12.7. The van der Waals surface area contributed by atoms with Crippen LogP contribution in [-0.2, 0) is 0 Å². The van der Waals surface area contributed by atoms with Crippen LogP contribution in [0.25, 0.3) is 0 Å². The largest absolute Gasteiger partial charge is 0.356 e. The van der Waals surface area contributed by atoms with Crippen molar-refractivity contribution in [2.24, 2.45) is 5.92 Å². The quantitative estimate of drug-likeness (QED) is 0.841. The van der Waals surface area contributed by atoms with Gasteiger partial charge in [0, 0.05) is 51.9 Å². The molecule has 3 heterocycles. The second kappa shape index (κ2) is 5.79.